The second-order valence-electron chi connectivity index (χ2n) is 5.15. The number of ether oxygens (including phenoxy) is 1. The van der Waals surface area contributed by atoms with Crippen molar-refractivity contribution in [2.24, 2.45) is 16.8 Å². The lowest BCUT2D eigenvalue weighted by atomic mass is 10.1. The van der Waals surface area contributed by atoms with Crippen molar-refractivity contribution in [3.8, 4) is 5.75 Å². The fourth-order valence-electron chi connectivity index (χ4n) is 2.54. The maximum Gasteiger partial charge on any atom is 0.173 e. The number of methoxy groups -OCH3 is 1. The van der Waals surface area contributed by atoms with Gasteiger partial charge in [-0.3, -0.25) is 4.90 Å². The second kappa shape index (κ2) is 5.93. The number of likely N-dealkylation sites (tertiary alicyclic amines) is 1. The molecule has 1 heterocycles. The Morgan fingerprint density at radius 3 is 2.95 bits per heavy atom. The minimum absolute atomic E-state index is 0.0773. The highest BCUT2D eigenvalue weighted by molar-refractivity contribution is 5.99. The second-order valence-corrected chi connectivity index (χ2v) is 5.15. The minimum Gasteiger partial charge on any atom is -0.496 e. The Hall–Kier alpha value is -1.75. The fraction of sp³-hybridized carbons (Fsp3) is 0.500. The van der Waals surface area contributed by atoms with Gasteiger partial charge < -0.3 is 15.7 Å². The van der Waals surface area contributed by atoms with Gasteiger partial charge in [-0.25, -0.2) is 0 Å². The van der Waals surface area contributed by atoms with E-state index in [1.54, 1.807) is 7.11 Å². The van der Waals surface area contributed by atoms with Gasteiger partial charge in [0.25, 0.3) is 0 Å². The Balaban J connectivity index is 2.18. The Labute approximate surface area is 113 Å². The van der Waals surface area contributed by atoms with Crippen LogP contribution in [0.3, 0.4) is 0 Å². The molecule has 1 fully saturated rings. The smallest absolute Gasteiger partial charge is 0.173 e. The van der Waals surface area contributed by atoms with E-state index >= 15 is 0 Å². The zero-order valence-corrected chi connectivity index (χ0v) is 11.5. The predicted octanol–water partition coefficient (Wildman–Crippen LogP) is 1.63. The number of nitrogens with two attached hydrogens (primary N) is 1. The van der Waals surface area contributed by atoms with Crippen molar-refractivity contribution in [1.82, 2.24) is 4.90 Å². The molecule has 1 saturated heterocycles. The van der Waals surface area contributed by atoms with Crippen molar-refractivity contribution in [2.45, 2.75) is 19.9 Å². The summed E-state index contributed by atoms with van der Waals surface area (Å²) in [5, 5.41) is 11.9. The topological polar surface area (TPSA) is 71.1 Å². The van der Waals surface area contributed by atoms with E-state index in [2.05, 4.69) is 17.0 Å². The van der Waals surface area contributed by atoms with Crippen LogP contribution in [0.5, 0.6) is 5.75 Å². The third kappa shape index (κ3) is 3.17. The Bertz CT molecular complexity index is 474. The molecule has 104 valence electrons. The van der Waals surface area contributed by atoms with E-state index in [9.17, 15) is 0 Å². The average molecular weight is 263 g/mol. The van der Waals surface area contributed by atoms with Gasteiger partial charge in [-0.1, -0.05) is 18.1 Å². The van der Waals surface area contributed by atoms with Crippen LogP contribution in [0.4, 0.5) is 0 Å². The van der Waals surface area contributed by atoms with E-state index in [1.807, 2.05) is 18.2 Å². The first-order valence-corrected chi connectivity index (χ1v) is 6.51. The van der Waals surface area contributed by atoms with Gasteiger partial charge in [0.05, 0.1) is 12.7 Å². The van der Waals surface area contributed by atoms with Crippen molar-refractivity contribution in [3.63, 3.8) is 0 Å². The van der Waals surface area contributed by atoms with Gasteiger partial charge in [0, 0.05) is 13.1 Å². The molecule has 0 saturated carbocycles. The first-order valence-electron chi connectivity index (χ1n) is 6.51. The Kier molecular flexibility index (Phi) is 4.27. The normalized spacial score (nSPS) is 20.7. The number of hydrogen-bond acceptors (Lipinski definition) is 4. The average Bonchev–Trinajstić information content (AvgIpc) is 2.83. The molecule has 19 heavy (non-hydrogen) atoms. The minimum atomic E-state index is 0.0773. The van der Waals surface area contributed by atoms with E-state index in [4.69, 9.17) is 15.7 Å². The molecule has 1 unspecified atom stereocenters. The lowest BCUT2D eigenvalue weighted by Gasteiger charge is -2.16. The molecule has 0 aliphatic carbocycles. The number of rotatable bonds is 4. The highest BCUT2D eigenvalue weighted by Gasteiger charge is 2.19. The Morgan fingerprint density at radius 2 is 2.37 bits per heavy atom. The lowest BCUT2D eigenvalue weighted by Crippen LogP contribution is -2.20. The number of amidine groups is 1. The molecule has 1 aliphatic heterocycles. The molecule has 1 aromatic rings. The molecular formula is C14H21N3O2. The van der Waals surface area contributed by atoms with E-state index in [0.29, 0.717) is 11.3 Å². The zero-order chi connectivity index (χ0) is 13.8. The predicted molar refractivity (Wildman–Crippen MR) is 74.6 cm³/mol. The van der Waals surface area contributed by atoms with E-state index < -0.39 is 0 Å². The summed E-state index contributed by atoms with van der Waals surface area (Å²) in [5.41, 5.74) is 7.46. The molecule has 1 aliphatic rings. The van der Waals surface area contributed by atoms with Gasteiger partial charge >= 0.3 is 0 Å². The quantitative estimate of drug-likeness (QED) is 0.375. The van der Waals surface area contributed by atoms with Gasteiger partial charge in [-0.15, -0.1) is 0 Å². The number of hydrogen-bond donors (Lipinski definition) is 2. The van der Waals surface area contributed by atoms with Crippen LogP contribution in [0.15, 0.2) is 23.4 Å². The van der Waals surface area contributed by atoms with Gasteiger partial charge in [0.15, 0.2) is 5.84 Å². The third-order valence-corrected chi connectivity index (χ3v) is 3.56. The highest BCUT2D eigenvalue weighted by atomic mass is 16.5. The largest absolute Gasteiger partial charge is 0.496 e. The molecule has 0 radical (unpaired) electrons. The van der Waals surface area contributed by atoms with Crippen molar-refractivity contribution in [1.29, 1.82) is 0 Å². The van der Waals surface area contributed by atoms with E-state index in [1.165, 1.54) is 6.42 Å². The van der Waals surface area contributed by atoms with Gasteiger partial charge in [0.1, 0.15) is 5.75 Å². The SMILES string of the molecule is COc1ccc(CN2CCC(C)C2)cc1C(N)=NO. The van der Waals surface area contributed by atoms with Crippen molar-refractivity contribution in [2.75, 3.05) is 20.2 Å². The summed E-state index contributed by atoms with van der Waals surface area (Å²) in [7, 11) is 1.57. The summed E-state index contributed by atoms with van der Waals surface area (Å²) in [4.78, 5) is 2.42. The molecule has 1 aromatic carbocycles. The van der Waals surface area contributed by atoms with Crippen LogP contribution in [-0.4, -0.2) is 36.1 Å². The molecule has 0 bridgehead atoms. The maximum absolute atomic E-state index is 8.82. The standard InChI is InChI=1S/C14H21N3O2/c1-10-5-6-17(8-10)9-11-3-4-13(19-2)12(7-11)14(15)16-18/h3-4,7,10,18H,5-6,8-9H2,1-2H3,(H2,15,16). The van der Waals surface area contributed by atoms with E-state index in [-0.39, 0.29) is 5.84 Å². The first kappa shape index (κ1) is 13.7. The molecule has 0 amide bonds. The molecular weight excluding hydrogens is 242 g/mol. The van der Waals surface area contributed by atoms with Crippen LogP contribution in [0.2, 0.25) is 0 Å². The summed E-state index contributed by atoms with van der Waals surface area (Å²) in [6.45, 7) is 5.42. The van der Waals surface area contributed by atoms with Crippen LogP contribution in [0.1, 0.15) is 24.5 Å². The molecule has 1 atom stereocenters. The van der Waals surface area contributed by atoms with Crippen molar-refractivity contribution >= 4 is 5.84 Å². The molecule has 0 spiro atoms. The maximum atomic E-state index is 8.82. The van der Waals surface area contributed by atoms with Gasteiger partial charge in [-0.2, -0.15) is 0 Å². The highest BCUT2D eigenvalue weighted by Crippen LogP contribution is 2.23. The third-order valence-electron chi connectivity index (χ3n) is 3.56. The number of benzene rings is 1. The first-order chi connectivity index (χ1) is 9.13. The molecule has 5 nitrogen and oxygen atoms in total. The van der Waals surface area contributed by atoms with Crippen LogP contribution in [0, 0.1) is 5.92 Å². The summed E-state index contributed by atoms with van der Waals surface area (Å²) in [6, 6.07) is 5.81. The summed E-state index contributed by atoms with van der Waals surface area (Å²) < 4.78 is 5.22. The Morgan fingerprint density at radius 1 is 1.58 bits per heavy atom. The van der Waals surface area contributed by atoms with Crippen LogP contribution >= 0.6 is 0 Å². The summed E-state index contributed by atoms with van der Waals surface area (Å²) in [5.74, 6) is 1.46. The summed E-state index contributed by atoms with van der Waals surface area (Å²) >= 11 is 0. The van der Waals surface area contributed by atoms with Gasteiger partial charge in [0.2, 0.25) is 0 Å². The van der Waals surface area contributed by atoms with Crippen LogP contribution in [-0.2, 0) is 6.54 Å². The number of oxime groups is 1. The molecule has 5 heteroatoms. The van der Waals surface area contributed by atoms with Gasteiger partial charge in [-0.05, 0) is 36.6 Å². The molecule has 0 aromatic heterocycles. The van der Waals surface area contributed by atoms with Crippen molar-refractivity contribution < 1.29 is 9.94 Å². The van der Waals surface area contributed by atoms with Crippen molar-refractivity contribution in [3.05, 3.63) is 29.3 Å². The molecule has 3 N–H and O–H groups in total. The monoisotopic (exact) mass is 263 g/mol. The zero-order valence-electron chi connectivity index (χ0n) is 11.5. The molecule has 2 rings (SSSR count). The van der Waals surface area contributed by atoms with E-state index in [0.717, 1.165) is 31.1 Å². The summed E-state index contributed by atoms with van der Waals surface area (Å²) in [6.07, 6.45) is 1.25. The van der Waals surface area contributed by atoms with Crippen LogP contribution < -0.4 is 10.5 Å². The van der Waals surface area contributed by atoms with Crippen LogP contribution in [0.25, 0.3) is 0 Å². The lowest BCUT2D eigenvalue weighted by molar-refractivity contribution is 0.317. The fourth-order valence-corrected chi connectivity index (χ4v) is 2.54. The number of nitrogens with zero attached hydrogens (tertiary/aromatic N) is 2.